The Kier molecular flexibility index (Phi) is 6.70. The fraction of sp³-hybridized carbons (Fsp3) is 0.286. The number of aromatic nitrogens is 5. The van der Waals surface area contributed by atoms with Crippen LogP contribution in [0.15, 0.2) is 47.5 Å². The Balaban J connectivity index is 1.79. The van der Waals surface area contributed by atoms with Crippen molar-refractivity contribution in [1.82, 2.24) is 24.1 Å². The van der Waals surface area contributed by atoms with Gasteiger partial charge in [-0.3, -0.25) is 14.5 Å². The molecule has 3 aromatic heterocycles. The number of imidazole rings is 1. The maximum atomic E-state index is 14.1. The van der Waals surface area contributed by atoms with E-state index in [1.807, 2.05) is 37.5 Å². The summed E-state index contributed by atoms with van der Waals surface area (Å²) in [6, 6.07) is 7.87. The summed E-state index contributed by atoms with van der Waals surface area (Å²) in [6.07, 6.45) is 3.90. The topological polar surface area (TPSA) is 99.5 Å². The number of amides is 1. The molecular weight excluding hydrogens is 518 g/mol. The van der Waals surface area contributed by atoms with Crippen LogP contribution in [-0.4, -0.2) is 37.1 Å². The van der Waals surface area contributed by atoms with Crippen LogP contribution >= 0.6 is 11.6 Å². The van der Waals surface area contributed by atoms with E-state index in [2.05, 4.69) is 14.8 Å². The number of rotatable bonds is 6. The normalized spacial score (nSPS) is 14.6. The number of fused-ring (bicyclic) bond motifs is 1. The first-order valence-corrected chi connectivity index (χ1v) is 12.8. The highest BCUT2D eigenvalue weighted by molar-refractivity contribution is 6.30. The number of benzene rings is 1. The number of hydrogen-bond acceptors (Lipinski definition) is 6. The molecule has 0 radical (unpaired) electrons. The Morgan fingerprint density at radius 3 is 2.49 bits per heavy atom. The van der Waals surface area contributed by atoms with Crippen molar-refractivity contribution in [2.45, 2.75) is 39.3 Å². The highest BCUT2D eigenvalue weighted by Gasteiger charge is 2.45. The molecule has 1 amide bonds. The number of carbonyl (C=O) groups excluding carboxylic acids is 1. The van der Waals surface area contributed by atoms with Crippen LogP contribution in [0.5, 0.6) is 5.88 Å². The van der Waals surface area contributed by atoms with Crippen LogP contribution in [0, 0.1) is 6.57 Å². The average Bonchev–Trinajstić information content (AvgIpc) is 3.46. The highest BCUT2D eigenvalue weighted by Crippen LogP contribution is 2.45. The molecule has 5 rings (SSSR count). The first-order chi connectivity index (χ1) is 18.7. The lowest BCUT2D eigenvalue weighted by molar-refractivity contribution is 0.0989. The summed E-state index contributed by atoms with van der Waals surface area (Å²) in [5, 5.41) is -0.000214. The summed E-state index contributed by atoms with van der Waals surface area (Å²) in [7, 11) is 3.13. The Morgan fingerprint density at radius 2 is 1.90 bits per heavy atom. The third kappa shape index (κ3) is 4.25. The van der Waals surface area contributed by atoms with Crippen LogP contribution in [-0.2, 0) is 13.5 Å². The third-order valence-corrected chi connectivity index (χ3v) is 6.97. The van der Waals surface area contributed by atoms with E-state index in [1.54, 1.807) is 43.6 Å². The SMILES string of the molecule is [C-]#[N+]c1ccc(C2c3c(nc(-c4cnc(CC)nc4OC)n3C(C)C)C(=O)N2c2cc(Cl)c(=O)n(C)c2)cc1. The van der Waals surface area contributed by atoms with Gasteiger partial charge in [0.2, 0.25) is 5.88 Å². The number of pyridine rings is 1. The molecule has 0 spiro atoms. The number of hydrogen-bond donors (Lipinski definition) is 0. The Hall–Kier alpha value is -4.49. The van der Waals surface area contributed by atoms with Gasteiger partial charge in [0, 0.05) is 31.9 Å². The number of halogens is 1. The van der Waals surface area contributed by atoms with Crippen molar-refractivity contribution >= 4 is 28.9 Å². The minimum Gasteiger partial charge on any atom is -0.480 e. The number of ether oxygens (including phenoxy) is 1. The van der Waals surface area contributed by atoms with Gasteiger partial charge < -0.3 is 13.9 Å². The molecule has 1 aliphatic rings. The third-order valence-electron chi connectivity index (χ3n) is 6.70. The standard InChI is InChI=1S/C28H26ClN7O3/c1-7-21-31-13-19(26(32-21)39-6)25-33-22-24(35(25)15(2)3)23(16-8-10-17(30-4)11-9-16)36(28(22)38)18-12-20(29)27(37)34(5)14-18/h8-15,23H,7H2,1-3,5-6H3. The largest absolute Gasteiger partial charge is 0.480 e. The summed E-state index contributed by atoms with van der Waals surface area (Å²) in [4.78, 5) is 45.3. The molecule has 0 saturated carbocycles. The molecule has 1 unspecified atom stereocenters. The van der Waals surface area contributed by atoms with Crippen LogP contribution in [0.25, 0.3) is 16.2 Å². The lowest BCUT2D eigenvalue weighted by Crippen LogP contribution is -2.32. The summed E-state index contributed by atoms with van der Waals surface area (Å²) in [5.41, 5.74) is 2.86. The van der Waals surface area contributed by atoms with Crippen LogP contribution in [0.3, 0.4) is 0 Å². The first-order valence-electron chi connectivity index (χ1n) is 12.4. The fourth-order valence-corrected chi connectivity index (χ4v) is 5.15. The molecule has 0 bridgehead atoms. The molecule has 0 aliphatic carbocycles. The number of nitrogens with zero attached hydrogens (tertiary/aromatic N) is 7. The number of anilines is 1. The van der Waals surface area contributed by atoms with Gasteiger partial charge in [0.05, 0.1) is 30.6 Å². The van der Waals surface area contributed by atoms with Gasteiger partial charge in [0.15, 0.2) is 11.4 Å². The molecular formula is C28H26ClN7O3. The Labute approximate surface area is 230 Å². The molecule has 4 aromatic rings. The van der Waals surface area contributed by atoms with Gasteiger partial charge in [-0.25, -0.2) is 14.8 Å². The van der Waals surface area contributed by atoms with Crippen LogP contribution in [0.2, 0.25) is 5.02 Å². The maximum absolute atomic E-state index is 14.1. The average molecular weight is 544 g/mol. The van der Waals surface area contributed by atoms with Gasteiger partial charge in [-0.1, -0.05) is 42.8 Å². The lowest BCUT2D eigenvalue weighted by atomic mass is 10.0. The van der Waals surface area contributed by atoms with Crippen molar-refractivity contribution < 1.29 is 9.53 Å². The second kappa shape index (κ2) is 10.0. The zero-order valence-electron chi connectivity index (χ0n) is 22.1. The van der Waals surface area contributed by atoms with Crippen molar-refractivity contribution in [2.24, 2.45) is 7.05 Å². The summed E-state index contributed by atoms with van der Waals surface area (Å²) >= 11 is 6.26. The van der Waals surface area contributed by atoms with Crippen molar-refractivity contribution in [1.29, 1.82) is 0 Å². The smallest absolute Gasteiger partial charge is 0.279 e. The highest BCUT2D eigenvalue weighted by atomic mass is 35.5. The Morgan fingerprint density at radius 1 is 1.18 bits per heavy atom. The van der Waals surface area contributed by atoms with Crippen LogP contribution < -0.4 is 15.2 Å². The van der Waals surface area contributed by atoms with E-state index in [0.717, 1.165) is 5.56 Å². The van der Waals surface area contributed by atoms with Gasteiger partial charge in [0.1, 0.15) is 22.7 Å². The van der Waals surface area contributed by atoms with Crippen LogP contribution in [0.1, 0.15) is 60.4 Å². The minimum absolute atomic E-state index is 0.000214. The second-order valence-electron chi connectivity index (χ2n) is 9.44. The van der Waals surface area contributed by atoms with Gasteiger partial charge in [-0.05, 0) is 25.5 Å². The van der Waals surface area contributed by atoms with E-state index in [0.29, 0.717) is 46.6 Å². The molecule has 1 aromatic carbocycles. The molecule has 198 valence electrons. The number of methoxy groups -OCH3 is 1. The molecule has 10 nitrogen and oxygen atoms in total. The Bertz CT molecular complexity index is 1670. The summed E-state index contributed by atoms with van der Waals surface area (Å²) in [5.74, 6) is 1.19. The van der Waals surface area contributed by atoms with Crippen molar-refractivity contribution in [3.63, 3.8) is 0 Å². The zero-order chi connectivity index (χ0) is 28.0. The maximum Gasteiger partial charge on any atom is 0.279 e. The predicted molar refractivity (Wildman–Crippen MR) is 148 cm³/mol. The van der Waals surface area contributed by atoms with E-state index >= 15 is 0 Å². The molecule has 1 atom stereocenters. The minimum atomic E-state index is -0.605. The van der Waals surface area contributed by atoms with Gasteiger partial charge >= 0.3 is 0 Å². The monoisotopic (exact) mass is 543 g/mol. The fourth-order valence-electron chi connectivity index (χ4n) is 4.90. The molecule has 39 heavy (non-hydrogen) atoms. The lowest BCUT2D eigenvalue weighted by Gasteiger charge is -2.29. The van der Waals surface area contributed by atoms with Gasteiger partial charge in [-0.15, -0.1) is 0 Å². The van der Waals surface area contributed by atoms with Crippen molar-refractivity contribution in [3.8, 4) is 17.3 Å². The van der Waals surface area contributed by atoms with E-state index < -0.39 is 6.04 Å². The molecule has 4 heterocycles. The summed E-state index contributed by atoms with van der Waals surface area (Å²) in [6.45, 7) is 13.3. The van der Waals surface area contributed by atoms with Crippen LogP contribution in [0.4, 0.5) is 11.4 Å². The van der Waals surface area contributed by atoms with Gasteiger partial charge in [-0.2, -0.15) is 4.98 Å². The second-order valence-corrected chi connectivity index (χ2v) is 9.85. The molecule has 0 fully saturated rings. The molecule has 1 aliphatic heterocycles. The number of carbonyl (C=O) groups is 1. The molecule has 0 N–H and O–H groups in total. The van der Waals surface area contributed by atoms with E-state index in [1.165, 1.54) is 10.6 Å². The number of aryl methyl sites for hydroxylation is 2. The molecule has 0 saturated heterocycles. The van der Waals surface area contributed by atoms with E-state index in [4.69, 9.17) is 27.9 Å². The van der Waals surface area contributed by atoms with Crippen molar-refractivity contribution in [3.05, 3.63) is 92.3 Å². The zero-order valence-corrected chi connectivity index (χ0v) is 22.9. The predicted octanol–water partition coefficient (Wildman–Crippen LogP) is 5.14. The van der Waals surface area contributed by atoms with Gasteiger partial charge in [0.25, 0.3) is 11.5 Å². The van der Waals surface area contributed by atoms with Crippen molar-refractivity contribution in [2.75, 3.05) is 12.0 Å². The van der Waals surface area contributed by atoms with E-state index in [9.17, 15) is 9.59 Å². The molecule has 11 heteroatoms. The van der Waals surface area contributed by atoms with E-state index in [-0.39, 0.29) is 28.2 Å². The quantitative estimate of drug-likeness (QED) is 0.312. The first kappa shape index (κ1) is 26.1. The summed E-state index contributed by atoms with van der Waals surface area (Å²) < 4.78 is 8.94.